The van der Waals surface area contributed by atoms with E-state index in [2.05, 4.69) is 15.3 Å². The van der Waals surface area contributed by atoms with Crippen molar-refractivity contribution in [1.82, 2.24) is 20.2 Å². The van der Waals surface area contributed by atoms with Crippen LogP contribution in [0.2, 0.25) is 0 Å². The van der Waals surface area contributed by atoms with Crippen molar-refractivity contribution in [3.8, 4) is 0 Å². The highest BCUT2D eigenvalue weighted by atomic mass is 32.2. The Balaban J connectivity index is 1.27. The summed E-state index contributed by atoms with van der Waals surface area (Å²) in [6.07, 6.45) is 4.91. The van der Waals surface area contributed by atoms with Crippen LogP contribution < -0.4 is 5.32 Å². The summed E-state index contributed by atoms with van der Waals surface area (Å²) in [4.78, 5) is 47.0. The first-order valence-electron chi connectivity index (χ1n) is 9.92. The normalized spacial score (nSPS) is 15.0. The number of fused-ring (bicyclic) bond motifs is 1. The van der Waals surface area contributed by atoms with Crippen molar-refractivity contribution in [3.63, 3.8) is 0 Å². The summed E-state index contributed by atoms with van der Waals surface area (Å²) in [7, 11) is 0. The Labute approximate surface area is 193 Å². The first-order chi connectivity index (χ1) is 15.5. The zero-order valence-corrected chi connectivity index (χ0v) is 18.9. The van der Waals surface area contributed by atoms with Crippen LogP contribution in [0.3, 0.4) is 0 Å². The number of pyridine rings is 2. The highest BCUT2D eigenvalue weighted by Gasteiger charge is 2.34. The molecule has 3 aromatic rings. The molecule has 0 aliphatic carbocycles. The Hall–Kier alpha value is -3.17. The quantitative estimate of drug-likeness (QED) is 0.419. The molecule has 0 atom stereocenters. The van der Waals surface area contributed by atoms with E-state index < -0.39 is 0 Å². The second-order valence-electron chi connectivity index (χ2n) is 7.05. The minimum atomic E-state index is -0.358. The van der Waals surface area contributed by atoms with Crippen LogP contribution in [0.15, 0.2) is 64.8 Å². The number of amides is 3. The third-order valence-corrected chi connectivity index (χ3v) is 6.58. The monoisotopic (exact) mass is 464 g/mol. The van der Waals surface area contributed by atoms with E-state index in [1.54, 1.807) is 24.5 Å². The van der Waals surface area contributed by atoms with Gasteiger partial charge in [-0.1, -0.05) is 36.0 Å². The van der Waals surface area contributed by atoms with Gasteiger partial charge in [-0.3, -0.25) is 24.3 Å². The molecule has 1 aliphatic heterocycles. The molecule has 1 saturated heterocycles. The number of carbonyl (C=O) groups excluding carboxylic acids is 3. The molecule has 32 heavy (non-hydrogen) atoms. The molecule has 1 aromatic carbocycles. The third-order valence-electron chi connectivity index (χ3n) is 4.76. The van der Waals surface area contributed by atoms with E-state index in [4.69, 9.17) is 0 Å². The fourth-order valence-electron chi connectivity index (χ4n) is 3.20. The maximum atomic E-state index is 12.5. The molecule has 3 heterocycles. The Kier molecular flexibility index (Phi) is 6.87. The average Bonchev–Trinajstić information content (AvgIpc) is 3.06. The summed E-state index contributed by atoms with van der Waals surface area (Å²) in [6.45, 7) is 2.34. The van der Waals surface area contributed by atoms with Gasteiger partial charge in [0.05, 0.1) is 21.2 Å². The lowest BCUT2D eigenvalue weighted by Gasteiger charge is -2.13. The molecule has 0 radical (unpaired) electrons. The zero-order chi connectivity index (χ0) is 22.5. The van der Waals surface area contributed by atoms with Gasteiger partial charge in [0, 0.05) is 30.9 Å². The van der Waals surface area contributed by atoms with Gasteiger partial charge in [-0.25, -0.2) is 4.98 Å². The summed E-state index contributed by atoms with van der Waals surface area (Å²) in [6, 6.07) is 13.4. The van der Waals surface area contributed by atoms with E-state index in [0.717, 1.165) is 43.7 Å². The lowest BCUT2D eigenvalue weighted by molar-refractivity contribution is -0.123. The summed E-state index contributed by atoms with van der Waals surface area (Å²) < 4.78 is 0. The molecule has 0 bridgehead atoms. The van der Waals surface area contributed by atoms with Gasteiger partial charge in [-0.2, -0.15) is 0 Å². The van der Waals surface area contributed by atoms with Crippen LogP contribution in [-0.2, 0) is 9.59 Å². The van der Waals surface area contributed by atoms with Crippen LogP contribution in [0.5, 0.6) is 0 Å². The van der Waals surface area contributed by atoms with Gasteiger partial charge in [0.15, 0.2) is 0 Å². The number of aryl methyl sites for hydroxylation is 1. The van der Waals surface area contributed by atoms with E-state index >= 15 is 0 Å². The van der Waals surface area contributed by atoms with Gasteiger partial charge in [-0.15, -0.1) is 0 Å². The molecule has 1 N–H and O–H groups in total. The van der Waals surface area contributed by atoms with E-state index in [9.17, 15) is 14.4 Å². The summed E-state index contributed by atoms with van der Waals surface area (Å²) in [5, 5.41) is 4.30. The molecule has 0 saturated carbocycles. The standard InChI is InChI=1S/C23H20N4O3S2/c1-15-11-21(26-18-7-3-2-6-17(15)18)31-14-20(28)25-9-10-27-22(29)19(32-23(27)30)12-16-5-4-8-24-13-16/h2-8,11-13H,9-10,14H2,1H3,(H,25,28)/b19-12+. The second-order valence-corrected chi connectivity index (χ2v) is 9.04. The maximum absolute atomic E-state index is 12.5. The van der Waals surface area contributed by atoms with Crippen LogP contribution in [0.1, 0.15) is 11.1 Å². The van der Waals surface area contributed by atoms with Crippen molar-refractivity contribution in [2.45, 2.75) is 11.9 Å². The molecule has 9 heteroatoms. The van der Waals surface area contributed by atoms with E-state index in [1.165, 1.54) is 11.8 Å². The molecule has 0 unspecified atom stereocenters. The first kappa shape index (κ1) is 22.0. The number of hydrogen-bond acceptors (Lipinski definition) is 7. The third kappa shape index (κ3) is 5.17. The number of nitrogens with zero attached hydrogens (tertiary/aromatic N) is 3. The molecule has 2 aromatic heterocycles. The van der Waals surface area contributed by atoms with Gasteiger partial charge in [0.25, 0.3) is 11.1 Å². The van der Waals surface area contributed by atoms with Gasteiger partial charge in [-0.05, 0) is 54.1 Å². The predicted octanol–water partition coefficient (Wildman–Crippen LogP) is 3.88. The smallest absolute Gasteiger partial charge is 0.293 e. The zero-order valence-electron chi connectivity index (χ0n) is 17.3. The Morgan fingerprint density at radius 2 is 2.06 bits per heavy atom. The van der Waals surface area contributed by atoms with Crippen LogP contribution >= 0.6 is 23.5 Å². The van der Waals surface area contributed by atoms with E-state index in [-0.39, 0.29) is 35.9 Å². The minimum absolute atomic E-state index is 0.124. The molecule has 3 amide bonds. The number of para-hydroxylation sites is 1. The predicted molar refractivity (Wildman–Crippen MR) is 127 cm³/mol. The average molecular weight is 465 g/mol. The fraction of sp³-hybridized carbons (Fsp3) is 0.174. The molecule has 7 nitrogen and oxygen atoms in total. The van der Waals surface area contributed by atoms with Crippen molar-refractivity contribution >= 4 is 57.6 Å². The van der Waals surface area contributed by atoms with Gasteiger partial charge < -0.3 is 5.32 Å². The van der Waals surface area contributed by atoms with Crippen LogP contribution in [-0.4, -0.2) is 50.8 Å². The number of carbonyl (C=O) groups is 3. The largest absolute Gasteiger partial charge is 0.354 e. The molecular formula is C23H20N4O3S2. The number of rotatable bonds is 7. The molecule has 0 spiro atoms. The lowest BCUT2D eigenvalue weighted by atomic mass is 10.1. The van der Waals surface area contributed by atoms with Crippen LogP contribution in [0.25, 0.3) is 17.0 Å². The topological polar surface area (TPSA) is 92.3 Å². The van der Waals surface area contributed by atoms with E-state index in [0.29, 0.717) is 4.91 Å². The van der Waals surface area contributed by atoms with Crippen molar-refractivity contribution in [3.05, 3.63) is 70.9 Å². The number of aromatic nitrogens is 2. The Morgan fingerprint density at radius 1 is 1.22 bits per heavy atom. The first-order valence-corrected chi connectivity index (χ1v) is 11.7. The SMILES string of the molecule is Cc1cc(SCC(=O)NCCN2C(=O)S/C(=C/c3cccnc3)C2=O)nc2ccccc12. The van der Waals surface area contributed by atoms with Gasteiger partial charge in [0.2, 0.25) is 5.91 Å². The number of hydrogen-bond donors (Lipinski definition) is 1. The van der Waals surface area contributed by atoms with Crippen molar-refractivity contribution in [1.29, 1.82) is 0 Å². The number of imide groups is 1. The summed E-state index contributed by atoms with van der Waals surface area (Å²) in [5.74, 6) is -0.336. The van der Waals surface area contributed by atoms with Gasteiger partial charge >= 0.3 is 0 Å². The lowest BCUT2D eigenvalue weighted by Crippen LogP contribution is -2.37. The molecule has 162 valence electrons. The highest BCUT2D eigenvalue weighted by molar-refractivity contribution is 8.18. The van der Waals surface area contributed by atoms with E-state index in [1.807, 2.05) is 43.3 Å². The van der Waals surface area contributed by atoms with Crippen molar-refractivity contribution in [2.24, 2.45) is 0 Å². The molecule has 1 aliphatic rings. The minimum Gasteiger partial charge on any atom is -0.354 e. The second kappa shape index (κ2) is 9.97. The molecule has 1 fully saturated rings. The fourth-order valence-corrected chi connectivity index (χ4v) is 4.86. The maximum Gasteiger partial charge on any atom is 0.293 e. The number of nitrogens with one attached hydrogen (secondary N) is 1. The van der Waals surface area contributed by atoms with Crippen LogP contribution in [0.4, 0.5) is 4.79 Å². The summed E-state index contributed by atoms with van der Waals surface area (Å²) in [5.41, 5.74) is 2.76. The van der Waals surface area contributed by atoms with Crippen molar-refractivity contribution in [2.75, 3.05) is 18.8 Å². The Morgan fingerprint density at radius 3 is 2.88 bits per heavy atom. The number of benzene rings is 1. The molecular weight excluding hydrogens is 444 g/mol. The highest BCUT2D eigenvalue weighted by Crippen LogP contribution is 2.31. The van der Waals surface area contributed by atoms with Gasteiger partial charge in [0.1, 0.15) is 0 Å². The van der Waals surface area contributed by atoms with Crippen LogP contribution in [0, 0.1) is 6.92 Å². The Bertz CT molecular complexity index is 1210. The summed E-state index contributed by atoms with van der Waals surface area (Å²) >= 11 is 2.24. The van der Waals surface area contributed by atoms with Crippen molar-refractivity contribution < 1.29 is 14.4 Å². The number of thioether (sulfide) groups is 2. The molecule has 4 rings (SSSR count).